The molecule has 5 rings (SSSR count). The summed E-state index contributed by atoms with van der Waals surface area (Å²) in [4.78, 5) is 22.1. The lowest BCUT2D eigenvalue weighted by Crippen LogP contribution is -3.12. The maximum Gasteiger partial charge on any atom is 0.187 e. The molecular weight excluding hydrogens is 396 g/mol. The van der Waals surface area contributed by atoms with E-state index in [4.69, 9.17) is 14.7 Å². The van der Waals surface area contributed by atoms with Crippen molar-refractivity contribution in [2.24, 2.45) is 0 Å². The van der Waals surface area contributed by atoms with Crippen LogP contribution in [-0.2, 0) is 11.3 Å². The van der Waals surface area contributed by atoms with Crippen molar-refractivity contribution in [2.45, 2.75) is 20.4 Å². The van der Waals surface area contributed by atoms with Crippen LogP contribution in [0.5, 0.6) is 0 Å². The number of fused-ring (bicyclic) bond motifs is 1. The van der Waals surface area contributed by atoms with Crippen molar-refractivity contribution < 1.29 is 14.6 Å². The third kappa shape index (κ3) is 3.87. The van der Waals surface area contributed by atoms with Crippen molar-refractivity contribution in [3.63, 3.8) is 0 Å². The largest absolute Gasteiger partial charge is 0.370 e. The number of hydrogen-bond donors (Lipinski definition) is 1. The fourth-order valence-corrected chi connectivity index (χ4v) is 5.45. The predicted molar refractivity (Wildman–Crippen MR) is 120 cm³/mol. The summed E-state index contributed by atoms with van der Waals surface area (Å²) in [6.07, 6.45) is 3.99. The zero-order valence-corrected chi connectivity index (χ0v) is 18.6. The number of aryl methyl sites for hydroxylation is 2. The zero-order chi connectivity index (χ0) is 20.5. The van der Waals surface area contributed by atoms with Crippen molar-refractivity contribution in [1.82, 2.24) is 9.97 Å². The standard InChI is InChI=1S/C22H28N6OS/c1-16-17(2)30-22-20(16)21(24-19(25-22)15-26-11-13-29-14-12-26)28-9-7-27(8-10-28)18-3-5-23-6-4-18/h3-6H,7-15H2,1-2H3/p+2. The highest BCUT2D eigenvalue weighted by atomic mass is 32.1. The second kappa shape index (κ2) is 8.45. The lowest BCUT2D eigenvalue weighted by Gasteiger charge is -2.37. The molecule has 7 nitrogen and oxygen atoms in total. The number of ether oxygens (including phenoxy) is 1. The molecule has 0 aromatic carbocycles. The summed E-state index contributed by atoms with van der Waals surface area (Å²) in [5.41, 5.74) is 2.61. The Hall–Kier alpha value is -2.29. The lowest BCUT2D eigenvalue weighted by atomic mass is 10.2. The molecule has 0 unspecified atom stereocenters. The maximum absolute atomic E-state index is 5.52. The number of hydrogen-bond acceptors (Lipinski definition) is 6. The van der Waals surface area contributed by atoms with E-state index in [0.717, 1.165) is 75.5 Å². The zero-order valence-electron chi connectivity index (χ0n) is 17.8. The number of aromatic nitrogens is 3. The van der Waals surface area contributed by atoms with Gasteiger partial charge in [0.15, 0.2) is 18.2 Å². The van der Waals surface area contributed by atoms with Gasteiger partial charge in [0.2, 0.25) is 0 Å². The summed E-state index contributed by atoms with van der Waals surface area (Å²) in [6, 6.07) is 4.29. The van der Waals surface area contributed by atoms with Gasteiger partial charge in [-0.1, -0.05) is 0 Å². The molecule has 0 radical (unpaired) electrons. The Labute approximate surface area is 181 Å². The molecule has 0 atom stereocenters. The second-order valence-corrected chi connectivity index (χ2v) is 9.40. The number of nitrogens with one attached hydrogen (secondary N) is 2. The van der Waals surface area contributed by atoms with Crippen LogP contribution in [0.15, 0.2) is 24.5 Å². The number of anilines is 2. The molecule has 158 valence electrons. The summed E-state index contributed by atoms with van der Waals surface area (Å²) >= 11 is 1.80. The Morgan fingerprint density at radius 1 is 1.03 bits per heavy atom. The first-order valence-electron chi connectivity index (χ1n) is 10.8. The average molecular weight is 427 g/mol. The smallest absolute Gasteiger partial charge is 0.187 e. The van der Waals surface area contributed by atoms with Gasteiger partial charge in [-0.2, -0.15) is 0 Å². The highest BCUT2D eigenvalue weighted by Gasteiger charge is 2.25. The van der Waals surface area contributed by atoms with Crippen molar-refractivity contribution >= 4 is 33.1 Å². The summed E-state index contributed by atoms with van der Waals surface area (Å²) in [6.45, 7) is 13.0. The third-order valence-electron chi connectivity index (χ3n) is 6.31. The summed E-state index contributed by atoms with van der Waals surface area (Å²) in [7, 11) is 0. The molecule has 3 aromatic rings. The number of nitrogens with zero attached hydrogens (tertiary/aromatic N) is 4. The van der Waals surface area contributed by atoms with Crippen LogP contribution in [0, 0.1) is 13.8 Å². The number of piperazine rings is 1. The first-order chi connectivity index (χ1) is 14.7. The van der Waals surface area contributed by atoms with Crippen LogP contribution in [0.2, 0.25) is 0 Å². The molecule has 0 amide bonds. The normalized spacial score (nSPS) is 18.3. The van der Waals surface area contributed by atoms with Gasteiger partial charge in [0, 0.05) is 48.9 Å². The minimum atomic E-state index is 0.834. The second-order valence-electron chi connectivity index (χ2n) is 8.20. The van der Waals surface area contributed by atoms with Crippen LogP contribution < -0.4 is 19.7 Å². The SMILES string of the molecule is Cc1sc2nc(C[NH+]3CCOCC3)nc(N3CCN(c4cc[nH+]cc4)CC3)c2c1C. The third-order valence-corrected chi connectivity index (χ3v) is 7.41. The first kappa shape index (κ1) is 19.7. The van der Waals surface area contributed by atoms with E-state index in [0.29, 0.717) is 0 Å². The molecule has 30 heavy (non-hydrogen) atoms. The molecule has 3 aromatic heterocycles. The Morgan fingerprint density at radius 3 is 2.47 bits per heavy atom. The van der Waals surface area contributed by atoms with Crippen molar-refractivity contribution in [2.75, 3.05) is 62.3 Å². The molecule has 0 spiro atoms. The quantitative estimate of drug-likeness (QED) is 0.671. The monoisotopic (exact) mass is 426 g/mol. The lowest BCUT2D eigenvalue weighted by molar-refractivity contribution is -0.922. The van der Waals surface area contributed by atoms with Gasteiger partial charge in [-0.15, -0.1) is 11.3 Å². The molecule has 8 heteroatoms. The van der Waals surface area contributed by atoms with Gasteiger partial charge in [0.1, 0.15) is 30.3 Å². The molecule has 0 saturated carbocycles. The van der Waals surface area contributed by atoms with Crippen LogP contribution in [0.1, 0.15) is 16.3 Å². The number of morpholine rings is 1. The number of pyridine rings is 1. The molecule has 2 aliphatic heterocycles. The average Bonchev–Trinajstić information content (AvgIpc) is 3.08. The molecule has 0 aliphatic carbocycles. The fourth-order valence-electron chi connectivity index (χ4n) is 4.41. The van der Waals surface area contributed by atoms with Crippen LogP contribution in [-0.4, -0.2) is 62.5 Å². The van der Waals surface area contributed by atoms with Crippen molar-refractivity contribution in [3.05, 3.63) is 40.8 Å². The minimum absolute atomic E-state index is 0.834. The topological polar surface area (TPSA) is 60.1 Å². The number of quaternary nitrogens is 1. The minimum Gasteiger partial charge on any atom is -0.370 e. The predicted octanol–water partition coefficient (Wildman–Crippen LogP) is 0.864. The molecule has 0 bridgehead atoms. The molecular formula is C22H30N6OS+2. The molecule has 2 saturated heterocycles. The fraction of sp³-hybridized carbons (Fsp3) is 0.500. The van der Waals surface area contributed by atoms with E-state index in [2.05, 4.69) is 40.8 Å². The van der Waals surface area contributed by atoms with E-state index in [1.54, 1.807) is 11.3 Å². The van der Waals surface area contributed by atoms with E-state index in [1.165, 1.54) is 26.4 Å². The van der Waals surface area contributed by atoms with E-state index in [9.17, 15) is 0 Å². The first-order valence-corrected chi connectivity index (χ1v) is 11.6. The maximum atomic E-state index is 5.52. The number of rotatable bonds is 4. The van der Waals surface area contributed by atoms with Gasteiger partial charge in [-0.25, -0.2) is 15.0 Å². The van der Waals surface area contributed by atoms with E-state index < -0.39 is 0 Å². The van der Waals surface area contributed by atoms with E-state index >= 15 is 0 Å². The Kier molecular flexibility index (Phi) is 5.54. The van der Waals surface area contributed by atoms with Gasteiger partial charge in [0.25, 0.3) is 0 Å². The van der Waals surface area contributed by atoms with E-state index in [-0.39, 0.29) is 0 Å². The number of H-pyrrole nitrogens is 1. The van der Waals surface area contributed by atoms with Gasteiger partial charge < -0.3 is 19.4 Å². The van der Waals surface area contributed by atoms with Crippen LogP contribution in [0.4, 0.5) is 11.5 Å². The molecule has 2 aliphatic rings. The van der Waals surface area contributed by atoms with Crippen LogP contribution in [0.25, 0.3) is 10.2 Å². The summed E-state index contributed by atoms with van der Waals surface area (Å²) < 4.78 is 5.52. The highest BCUT2D eigenvalue weighted by Crippen LogP contribution is 2.35. The molecule has 2 fully saturated rings. The number of thiophene rings is 1. The summed E-state index contributed by atoms with van der Waals surface area (Å²) in [5, 5.41) is 1.25. The Morgan fingerprint density at radius 2 is 1.73 bits per heavy atom. The molecule has 2 N–H and O–H groups in total. The highest BCUT2D eigenvalue weighted by molar-refractivity contribution is 7.18. The summed E-state index contributed by atoms with van der Waals surface area (Å²) in [5.74, 6) is 2.10. The van der Waals surface area contributed by atoms with E-state index in [1.807, 2.05) is 12.4 Å². The Balaban J connectivity index is 1.42. The van der Waals surface area contributed by atoms with Crippen molar-refractivity contribution in [3.8, 4) is 0 Å². The van der Waals surface area contributed by atoms with Crippen molar-refractivity contribution in [1.29, 1.82) is 0 Å². The van der Waals surface area contributed by atoms with Gasteiger partial charge >= 0.3 is 0 Å². The van der Waals surface area contributed by atoms with Gasteiger partial charge in [-0.05, 0) is 19.4 Å². The van der Waals surface area contributed by atoms with Gasteiger partial charge in [-0.3, -0.25) is 0 Å². The number of aromatic amines is 1. The van der Waals surface area contributed by atoms with Gasteiger partial charge in [0.05, 0.1) is 18.6 Å². The van der Waals surface area contributed by atoms with Crippen LogP contribution >= 0.6 is 11.3 Å². The van der Waals surface area contributed by atoms with Crippen LogP contribution in [0.3, 0.4) is 0 Å². The molecule has 5 heterocycles. The Bertz CT molecular complexity index is 1010.